The van der Waals surface area contributed by atoms with Crippen LogP contribution in [-0.4, -0.2) is 23.8 Å². The van der Waals surface area contributed by atoms with E-state index in [-0.39, 0.29) is 0 Å². The van der Waals surface area contributed by atoms with Crippen LogP contribution < -0.4 is 10.2 Å². The highest BCUT2D eigenvalue weighted by Gasteiger charge is 2.12. The van der Waals surface area contributed by atoms with Gasteiger partial charge in [-0.3, -0.25) is 0 Å². The molecule has 21 heavy (non-hydrogen) atoms. The molecular formula is C17H21BO3. The third-order valence-electron chi connectivity index (χ3n) is 3.46. The highest BCUT2D eigenvalue weighted by Crippen LogP contribution is 2.16. The van der Waals surface area contributed by atoms with E-state index in [4.69, 9.17) is 14.8 Å². The highest BCUT2D eigenvalue weighted by molar-refractivity contribution is 6.58. The average molecular weight is 284 g/mol. The third-order valence-corrected chi connectivity index (χ3v) is 3.46. The molecule has 0 aromatic heterocycles. The lowest BCUT2D eigenvalue weighted by molar-refractivity contribution is 0.305. The van der Waals surface area contributed by atoms with E-state index in [0.717, 1.165) is 30.6 Å². The molecule has 0 amide bonds. The summed E-state index contributed by atoms with van der Waals surface area (Å²) >= 11 is 0. The first-order valence-corrected chi connectivity index (χ1v) is 7.30. The minimum Gasteiger partial charge on any atom is -0.493 e. The summed E-state index contributed by atoms with van der Waals surface area (Å²) in [5.41, 5.74) is 2.77. The van der Waals surface area contributed by atoms with E-state index < -0.39 is 7.12 Å². The second-order valence-corrected chi connectivity index (χ2v) is 5.19. The standard InChI is InChI=1S/C17H21BO3/c1-14-13-16(18(19)20)10-11-17(14)21-12-6-5-9-15-7-3-2-4-8-15/h2-4,7-8,10-11,13,19-20H,5-6,9,12H2,1H3. The molecule has 2 N–H and O–H groups in total. The van der Waals surface area contributed by atoms with Gasteiger partial charge in [-0.1, -0.05) is 42.5 Å². The van der Waals surface area contributed by atoms with Crippen molar-refractivity contribution in [1.29, 1.82) is 0 Å². The zero-order chi connectivity index (χ0) is 15.1. The molecule has 2 rings (SSSR count). The van der Waals surface area contributed by atoms with Crippen molar-refractivity contribution in [2.24, 2.45) is 0 Å². The van der Waals surface area contributed by atoms with Gasteiger partial charge in [0.2, 0.25) is 0 Å². The first-order valence-electron chi connectivity index (χ1n) is 7.30. The molecule has 0 unspecified atom stereocenters. The van der Waals surface area contributed by atoms with Crippen LogP contribution in [0.2, 0.25) is 0 Å². The fourth-order valence-electron chi connectivity index (χ4n) is 2.25. The van der Waals surface area contributed by atoms with Crippen LogP contribution in [0.25, 0.3) is 0 Å². The van der Waals surface area contributed by atoms with Crippen LogP contribution in [0.1, 0.15) is 24.0 Å². The Morgan fingerprint density at radius 2 is 1.76 bits per heavy atom. The summed E-state index contributed by atoms with van der Waals surface area (Å²) in [6.45, 7) is 2.58. The van der Waals surface area contributed by atoms with Crippen LogP contribution in [0.4, 0.5) is 0 Å². The number of unbranched alkanes of at least 4 members (excludes halogenated alkanes) is 1. The Morgan fingerprint density at radius 1 is 1.00 bits per heavy atom. The topological polar surface area (TPSA) is 49.7 Å². The number of rotatable bonds is 7. The maximum absolute atomic E-state index is 9.11. The molecule has 3 nitrogen and oxygen atoms in total. The highest BCUT2D eigenvalue weighted by atomic mass is 16.5. The monoisotopic (exact) mass is 284 g/mol. The quantitative estimate of drug-likeness (QED) is 0.604. The molecule has 0 saturated carbocycles. The van der Waals surface area contributed by atoms with Gasteiger partial charge in [0.05, 0.1) is 6.61 Å². The van der Waals surface area contributed by atoms with Crippen molar-refractivity contribution in [2.45, 2.75) is 26.2 Å². The Balaban J connectivity index is 1.74. The largest absolute Gasteiger partial charge is 0.493 e. The van der Waals surface area contributed by atoms with Gasteiger partial charge < -0.3 is 14.8 Å². The van der Waals surface area contributed by atoms with Gasteiger partial charge in [-0.2, -0.15) is 0 Å². The Labute approximate surface area is 126 Å². The normalized spacial score (nSPS) is 10.4. The van der Waals surface area contributed by atoms with Crippen molar-refractivity contribution in [3.63, 3.8) is 0 Å². The molecule has 0 atom stereocenters. The smallest absolute Gasteiger partial charge is 0.488 e. The van der Waals surface area contributed by atoms with Crippen LogP contribution in [0.3, 0.4) is 0 Å². The Hall–Kier alpha value is -1.78. The van der Waals surface area contributed by atoms with E-state index in [1.165, 1.54) is 5.56 Å². The van der Waals surface area contributed by atoms with Crippen molar-refractivity contribution in [3.8, 4) is 5.75 Å². The summed E-state index contributed by atoms with van der Waals surface area (Å²) in [5, 5.41) is 18.2. The van der Waals surface area contributed by atoms with E-state index in [1.54, 1.807) is 18.2 Å². The number of ether oxygens (including phenoxy) is 1. The molecule has 0 spiro atoms. The van der Waals surface area contributed by atoms with Crippen molar-refractivity contribution in [2.75, 3.05) is 6.61 Å². The van der Waals surface area contributed by atoms with Gasteiger partial charge >= 0.3 is 7.12 Å². The van der Waals surface area contributed by atoms with Crippen LogP contribution in [0.5, 0.6) is 5.75 Å². The summed E-state index contributed by atoms with van der Waals surface area (Å²) in [7, 11) is -1.43. The Morgan fingerprint density at radius 3 is 2.43 bits per heavy atom. The third kappa shape index (κ3) is 4.92. The van der Waals surface area contributed by atoms with Crippen LogP contribution in [-0.2, 0) is 6.42 Å². The molecule has 0 aliphatic heterocycles. The summed E-state index contributed by atoms with van der Waals surface area (Å²) in [4.78, 5) is 0. The lowest BCUT2D eigenvalue weighted by Gasteiger charge is -2.10. The van der Waals surface area contributed by atoms with Crippen LogP contribution >= 0.6 is 0 Å². The molecule has 0 radical (unpaired) electrons. The van der Waals surface area contributed by atoms with E-state index in [0.29, 0.717) is 12.1 Å². The van der Waals surface area contributed by atoms with Gasteiger partial charge in [0.1, 0.15) is 5.75 Å². The molecule has 0 bridgehead atoms. The number of hydrogen-bond donors (Lipinski definition) is 2. The van der Waals surface area contributed by atoms with E-state index in [2.05, 4.69) is 24.3 Å². The summed E-state index contributed by atoms with van der Waals surface area (Å²) in [6, 6.07) is 15.6. The average Bonchev–Trinajstić information content (AvgIpc) is 2.49. The van der Waals surface area contributed by atoms with Gasteiger partial charge in [-0.05, 0) is 48.8 Å². The zero-order valence-corrected chi connectivity index (χ0v) is 12.3. The second-order valence-electron chi connectivity index (χ2n) is 5.19. The number of aryl methyl sites for hydroxylation is 2. The minimum atomic E-state index is -1.43. The van der Waals surface area contributed by atoms with Crippen molar-refractivity contribution in [3.05, 3.63) is 59.7 Å². The molecule has 0 saturated heterocycles. The van der Waals surface area contributed by atoms with Gasteiger partial charge in [0.25, 0.3) is 0 Å². The molecule has 4 heteroatoms. The van der Waals surface area contributed by atoms with Crippen molar-refractivity contribution < 1.29 is 14.8 Å². The van der Waals surface area contributed by atoms with E-state index in [1.807, 2.05) is 13.0 Å². The molecule has 2 aromatic carbocycles. The van der Waals surface area contributed by atoms with Crippen LogP contribution in [0, 0.1) is 6.92 Å². The summed E-state index contributed by atoms with van der Waals surface area (Å²) in [6.07, 6.45) is 3.16. The Kier molecular flexibility index (Phi) is 5.84. The van der Waals surface area contributed by atoms with Crippen molar-refractivity contribution in [1.82, 2.24) is 0 Å². The predicted octanol–water partition coefficient (Wildman–Crippen LogP) is 2.08. The summed E-state index contributed by atoms with van der Waals surface area (Å²) in [5.74, 6) is 0.805. The fraction of sp³-hybridized carbons (Fsp3) is 0.294. The predicted molar refractivity (Wildman–Crippen MR) is 85.9 cm³/mol. The van der Waals surface area contributed by atoms with Gasteiger partial charge in [0.15, 0.2) is 0 Å². The van der Waals surface area contributed by atoms with Gasteiger partial charge in [-0.15, -0.1) is 0 Å². The zero-order valence-electron chi connectivity index (χ0n) is 12.3. The van der Waals surface area contributed by atoms with Gasteiger partial charge in [-0.25, -0.2) is 0 Å². The first-order chi connectivity index (χ1) is 10.2. The lowest BCUT2D eigenvalue weighted by atomic mass is 9.79. The van der Waals surface area contributed by atoms with E-state index in [9.17, 15) is 0 Å². The van der Waals surface area contributed by atoms with Crippen molar-refractivity contribution >= 4 is 12.6 Å². The molecule has 2 aromatic rings. The molecule has 0 fully saturated rings. The Bertz CT molecular complexity index is 555. The SMILES string of the molecule is Cc1cc(B(O)O)ccc1OCCCCc1ccccc1. The molecular weight excluding hydrogens is 263 g/mol. The first kappa shape index (κ1) is 15.6. The van der Waals surface area contributed by atoms with Crippen LogP contribution in [0.15, 0.2) is 48.5 Å². The molecule has 110 valence electrons. The minimum absolute atomic E-state index is 0.490. The lowest BCUT2D eigenvalue weighted by Crippen LogP contribution is -2.29. The summed E-state index contributed by atoms with van der Waals surface area (Å²) < 4.78 is 5.75. The fourth-order valence-corrected chi connectivity index (χ4v) is 2.25. The maximum Gasteiger partial charge on any atom is 0.488 e. The number of hydrogen-bond acceptors (Lipinski definition) is 3. The second kappa shape index (κ2) is 7.86. The molecule has 0 heterocycles. The maximum atomic E-state index is 9.11. The van der Waals surface area contributed by atoms with Gasteiger partial charge in [0, 0.05) is 0 Å². The molecule has 0 aliphatic carbocycles. The molecule has 0 aliphatic rings. The number of benzene rings is 2. The van der Waals surface area contributed by atoms with E-state index >= 15 is 0 Å².